The van der Waals surface area contributed by atoms with Crippen molar-refractivity contribution in [3.05, 3.63) is 30.3 Å². The highest BCUT2D eigenvalue weighted by Gasteiger charge is 2.22. The number of hydrogen-bond acceptors (Lipinski definition) is 5. The van der Waals surface area contributed by atoms with Crippen LogP contribution in [0, 0.1) is 0 Å². The predicted octanol–water partition coefficient (Wildman–Crippen LogP) is 5.65. The molecule has 0 amide bonds. The van der Waals surface area contributed by atoms with Gasteiger partial charge in [-0.05, 0) is 38.8 Å². The van der Waals surface area contributed by atoms with Gasteiger partial charge < -0.3 is 14.0 Å². The number of benzene rings is 1. The maximum Gasteiger partial charge on any atom is 0.402 e. The number of ether oxygens (including phenoxy) is 2. The van der Waals surface area contributed by atoms with E-state index in [1.807, 2.05) is 44.2 Å². The summed E-state index contributed by atoms with van der Waals surface area (Å²) in [7, 11) is -1.61. The molecule has 0 saturated heterocycles. The summed E-state index contributed by atoms with van der Waals surface area (Å²) in [6.07, 6.45) is 3.38. The second kappa shape index (κ2) is 13.6. The third kappa shape index (κ3) is 10.2. The van der Waals surface area contributed by atoms with Crippen LogP contribution in [0.15, 0.2) is 30.3 Å². The molecule has 1 aromatic rings. The first-order valence-electron chi connectivity index (χ1n) is 8.75. The van der Waals surface area contributed by atoms with E-state index in [9.17, 15) is 0 Å². The maximum absolute atomic E-state index is 5.83. The fraction of sp³-hybridized carbons (Fsp3) is 0.667. The van der Waals surface area contributed by atoms with Crippen molar-refractivity contribution in [2.24, 2.45) is 0 Å². The van der Waals surface area contributed by atoms with Gasteiger partial charge in [0, 0.05) is 13.2 Å². The minimum absolute atomic E-state index is 0.394. The van der Waals surface area contributed by atoms with Crippen LogP contribution < -0.4 is 4.52 Å². The Labute approximate surface area is 147 Å². The molecular formula is C18H31O5P. The van der Waals surface area contributed by atoms with Crippen LogP contribution in [0.3, 0.4) is 0 Å². The maximum atomic E-state index is 5.83. The summed E-state index contributed by atoms with van der Waals surface area (Å²) < 4.78 is 28.7. The highest BCUT2D eigenvalue weighted by molar-refractivity contribution is 7.42. The Kier molecular flexibility index (Phi) is 12.1. The van der Waals surface area contributed by atoms with Crippen molar-refractivity contribution in [3.63, 3.8) is 0 Å². The van der Waals surface area contributed by atoms with E-state index in [0.29, 0.717) is 19.0 Å². The molecule has 138 valence electrons. The molecule has 0 N–H and O–H groups in total. The van der Waals surface area contributed by atoms with Gasteiger partial charge in [0.25, 0.3) is 0 Å². The van der Waals surface area contributed by atoms with Crippen LogP contribution in [0.5, 0.6) is 5.75 Å². The van der Waals surface area contributed by atoms with E-state index < -0.39 is 21.2 Å². The molecule has 24 heavy (non-hydrogen) atoms. The Morgan fingerprint density at radius 3 is 1.79 bits per heavy atom. The SMILES string of the molecule is CCCCOC(C)OP(Oc1ccccc1)OC(C)OCCCC. The lowest BCUT2D eigenvalue weighted by Gasteiger charge is -2.23. The van der Waals surface area contributed by atoms with Crippen molar-refractivity contribution >= 4 is 8.60 Å². The molecule has 5 nitrogen and oxygen atoms in total. The van der Waals surface area contributed by atoms with Crippen molar-refractivity contribution in [3.8, 4) is 5.75 Å². The molecule has 1 aromatic carbocycles. The molecule has 0 bridgehead atoms. The van der Waals surface area contributed by atoms with E-state index in [4.69, 9.17) is 23.0 Å². The van der Waals surface area contributed by atoms with Crippen LogP contribution in [0.4, 0.5) is 0 Å². The van der Waals surface area contributed by atoms with Gasteiger partial charge in [0.1, 0.15) is 5.75 Å². The zero-order valence-corrected chi connectivity index (χ0v) is 16.2. The van der Waals surface area contributed by atoms with Crippen molar-refractivity contribution < 1.29 is 23.0 Å². The average molecular weight is 358 g/mol. The van der Waals surface area contributed by atoms with Gasteiger partial charge in [-0.1, -0.05) is 44.9 Å². The second-order valence-corrected chi connectivity index (χ2v) is 6.47. The van der Waals surface area contributed by atoms with Crippen LogP contribution in [-0.2, 0) is 18.5 Å². The largest absolute Gasteiger partial charge is 0.427 e. The molecule has 0 heterocycles. The summed E-state index contributed by atoms with van der Waals surface area (Å²) in [6, 6.07) is 9.49. The first-order valence-corrected chi connectivity index (χ1v) is 9.85. The minimum Gasteiger partial charge on any atom is -0.427 e. The Hall–Kier alpha value is -0.710. The van der Waals surface area contributed by atoms with Crippen molar-refractivity contribution in [2.75, 3.05) is 13.2 Å². The molecule has 0 aliphatic carbocycles. The predicted molar refractivity (Wildman–Crippen MR) is 96.8 cm³/mol. The zero-order valence-electron chi connectivity index (χ0n) is 15.3. The van der Waals surface area contributed by atoms with Gasteiger partial charge in [-0.15, -0.1) is 0 Å². The third-order valence-corrected chi connectivity index (χ3v) is 4.39. The number of unbranched alkanes of at least 4 members (excludes halogenated alkanes) is 2. The van der Waals surface area contributed by atoms with E-state index in [1.165, 1.54) is 0 Å². The summed E-state index contributed by atoms with van der Waals surface area (Å²) in [5, 5.41) is 0. The van der Waals surface area contributed by atoms with Gasteiger partial charge in [-0.2, -0.15) is 0 Å². The minimum atomic E-state index is -1.61. The van der Waals surface area contributed by atoms with Gasteiger partial charge >= 0.3 is 8.60 Å². The number of rotatable bonds is 14. The zero-order chi connectivity index (χ0) is 17.6. The Morgan fingerprint density at radius 1 is 0.833 bits per heavy atom. The van der Waals surface area contributed by atoms with Gasteiger partial charge in [-0.25, -0.2) is 0 Å². The lowest BCUT2D eigenvalue weighted by molar-refractivity contribution is -0.105. The Balaban J connectivity index is 2.51. The van der Waals surface area contributed by atoms with Crippen LogP contribution in [0.25, 0.3) is 0 Å². The lowest BCUT2D eigenvalue weighted by Crippen LogP contribution is -2.17. The molecule has 0 aliphatic rings. The first-order chi connectivity index (χ1) is 11.7. The van der Waals surface area contributed by atoms with E-state index in [-0.39, 0.29) is 0 Å². The molecule has 0 fully saturated rings. The summed E-state index contributed by atoms with van der Waals surface area (Å²) in [4.78, 5) is 0. The van der Waals surface area contributed by atoms with Gasteiger partial charge in [-0.3, -0.25) is 9.05 Å². The quantitative estimate of drug-likeness (QED) is 0.244. The summed E-state index contributed by atoms with van der Waals surface area (Å²) in [6.45, 7) is 9.28. The van der Waals surface area contributed by atoms with Crippen LogP contribution in [0.2, 0.25) is 0 Å². The molecule has 0 aliphatic heterocycles. The summed E-state index contributed by atoms with van der Waals surface area (Å²) in [5.74, 6) is 0.699. The molecule has 0 saturated carbocycles. The molecular weight excluding hydrogens is 327 g/mol. The van der Waals surface area contributed by atoms with Crippen LogP contribution in [0.1, 0.15) is 53.4 Å². The van der Waals surface area contributed by atoms with Crippen molar-refractivity contribution in [1.82, 2.24) is 0 Å². The van der Waals surface area contributed by atoms with Gasteiger partial charge in [0.05, 0.1) is 0 Å². The third-order valence-electron chi connectivity index (χ3n) is 3.09. The Morgan fingerprint density at radius 2 is 1.33 bits per heavy atom. The molecule has 0 spiro atoms. The fourth-order valence-electron chi connectivity index (χ4n) is 1.73. The first kappa shape index (κ1) is 21.3. The average Bonchev–Trinajstić information content (AvgIpc) is 2.56. The monoisotopic (exact) mass is 358 g/mol. The Bertz CT molecular complexity index is 386. The summed E-state index contributed by atoms with van der Waals surface area (Å²) in [5.41, 5.74) is 0. The van der Waals surface area contributed by atoms with E-state index >= 15 is 0 Å². The summed E-state index contributed by atoms with van der Waals surface area (Å²) >= 11 is 0. The molecule has 0 aromatic heterocycles. The molecule has 2 atom stereocenters. The molecule has 2 unspecified atom stereocenters. The van der Waals surface area contributed by atoms with Gasteiger partial charge in [0.15, 0.2) is 12.6 Å². The van der Waals surface area contributed by atoms with Crippen molar-refractivity contribution in [1.29, 1.82) is 0 Å². The normalized spacial score (nSPS) is 15.0. The standard InChI is InChI=1S/C18H31O5P/c1-5-7-14-19-16(3)21-24(22-17(4)20-15-8-6-2)23-18-12-10-9-11-13-18/h9-13,16-17H,5-8,14-15H2,1-4H3. The van der Waals surface area contributed by atoms with Crippen molar-refractivity contribution in [2.45, 2.75) is 66.0 Å². The highest BCUT2D eigenvalue weighted by Crippen LogP contribution is 2.43. The number of para-hydroxylation sites is 1. The molecule has 1 rings (SSSR count). The van der Waals surface area contributed by atoms with Crippen LogP contribution >= 0.6 is 8.60 Å². The molecule has 0 radical (unpaired) electrons. The number of hydrogen-bond donors (Lipinski definition) is 0. The van der Waals surface area contributed by atoms with E-state index in [1.54, 1.807) is 0 Å². The second-order valence-electron chi connectivity index (χ2n) is 5.42. The highest BCUT2D eigenvalue weighted by atomic mass is 31.2. The van der Waals surface area contributed by atoms with E-state index in [0.717, 1.165) is 25.7 Å². The lowest BCUT2D eigenvalue weighted by atomic mass is 10.3. The molecule has 6 heteroatoms. The fourth-order valence-corrected chi connectivity index (χ4v) is 2.76. The van der Waals surface area contributed by atoms with E-state index in [2.05, 4.69) is 13.8 Å². The van der Waals surface area contributed by atoms with Gasteiger partial charge in [0.2, 0.25) is 0 Å². The van der Waals surface area contributed by atoms with Crippen LogP contribution in [-0.4, -0.2) is 25.8 Å². The smallest absolute Gasteiger partial charge is 0.402 e. The topological polar surface area (TPSA) is 46.2 Å².